The zero-order valence-corrected chi connectivity index (χ0v) is 13.9. The van der Waals surface area contributed by atoms with E-state index in [2.05, 4.69) is 11.8 Å². The number of hydrogen-bond donors (Lipinski definition) is 1. The number of methoxy groups -OCH3 is 2. The highest BCUT2D eigenvalue weighted by atomic mass is 16.5. The smallest absolute Gasteiger partial charge is 0.161 e. The maximum Gasteiger partial charge on any atom is 0.161 e. The first kappa shape index (κ1) is 17.8. The molecule has 0 amide bonds. The Morgan fingerprint density at radius 3 is 2.33 bits per heavy atom. The van der Waals surface area contributed by atoms with Crippen LogP contribution in [0.3, 0.4) is 0 Å². The minimum Gasteiger partial charge on any atom is -0.493 e. The van der Waals surface area contributed by atoms with Gasteiger partial charge in [-0.25, -0.2) is 0 Å². The SMILES string of the molecule is CCCN(Cc1ccc(OC)c(OC)c1)C[C@@H](O)C(C)C. The van der Waals surface area contributed by atoms with E-state index < -0.39 is 0 Å². The van der Waals surface area contributed by atoms with Crippen molar-refractivity contribution in [1.82, 2.24) is 4.90 Å². The minimum absolute atomic E-state index is 0.273. The van der Waals surface area contributed by atoms with Crippen molar-refractivity contribution in [2.45, 2.75) is 39.8 Å². The molecule has 1 aromatic rings. The number of aliphatic hydroxyl groups is 1. The molecule has 0 saturated heterocycles. The second-order valence-corrected chi connectivity index (χ2v) is 5.74. The Hall–Kier alpha value is -1.26. The third-order valence-electron chi connectivity index (χ3n) is 3.61. The molecule has 0 fully saturated rings. The largest absolute Gasteiger partial charge is 0.493 e. The quantitative estimate of drug-likeness (QED) is 0.760. The van der Waals surface area contributed by atoms with Gasteiger partial charge in [0.25, 0.3) is 0 Å². The van der Waals surface area contributed by atoms with Crippen LogP contribution in [0.4, 0.5) is 0 Å². The Morgan fingerprint density at radius 2 is 1.81 bits per heavy atom. The molecule has 0 spiro atoms. The Bertz CT molecular complexity index is 420. The van der Waals surface area contributed by atoms with Gasteiger partial charge in [0.05, 0.1) is 20.3 Å². The van der Waals surface area contributed by atoms with Crippen LogP contribution in [0.2, 0.25) is 0 Å². The van der Waals surface area contributed by atoms with E-state index in [9.17, 15) is 5.11 Å². The van der Waals surface area contributed by atoms with Gasteiger partial charge in [-0.15, -0.1) is 0 Å². The molecule has 120 valence electrons. The Kier molecular flexibility index (Phi) is 7.54. The summed E-state index contributed by atoms with van der Waals surface area (Å²) >= 11 is 0. The highest BCUT2D eigenvalue weighted by Gasteiger charge is 2.15. The Balaban J connectivity index is 2.78. The van der Waals surface area contributed by atoms with Crippen molar-refractivity contribution in [1.29, 1.82) is 0 Å². The molecule has 0 heterocycles. The average molecular weight is 295 g/mol. The van der Waals surface area contributed by atoms with Crippen LogP contribution in [0.5, 0.6) is 11.5 Å². The van der Waals surface area contributed by atoms with Crippen molar-refractivity contribution in [2.75, 3.05) is 27.3 Å². The number of benzene rings is 1. The first-order valence-corrected chi connectivity index (χ1v) is 7.63. The summed E-state index contributed by atoms with van der Waals surface area (Å²) in [4.78, 5) is 2.28. The molecule has 1 N–H and O–H groups in total. The Morgan fingerprint density at radius 1 is 1.14 bits per heavy atom. The monoisotopic (exact) mass is 295 g/mol. The van der Waals surface area contributed by atoms with Crippen LogP contribution in [0.25, 0.3) is 0 Å². The van der Waals surface area contributed by atoms with Crippen molar-refractivity contribution in [2.24, 2.45) is 5.92 Å². The van der Waals surface area contributed by atoms with E-state index in [1.54, 1.807) is 14.2 Å². The molecule has 21 heavy (non-hydrogen) atoms. The van der Waals surface area contributed by atoms with Gasteiger partial charge in [-0.3, -0.25) is 4.90 Å². The molecule has 1 rings (SSSR count). The number of hydrogen-bond acceptors (Lipinski definition) is 4. The van der Waals surface area contributed by atoms with Crippen LogP contribution >= 0.6 is 0 Å². The fourth-order valence-electron chi connectivity index (χ4n) is 2.26. The molecule has 0 aliphatic heterocycles. The second kappa shape index (κ2) is 8.90. The summed E-state index contributed by atoms with van der Waals surface area (Å²) in [5, 5.41) is 10.1. The standard InChI is InChI=1S/C17H29NO3/c1-6-9-18(12-15(19)13(2)3)11-14-7-8-16(20-4)17(10-14)21-5/h7-8,10,13,15,19H,6,9,11-12H2,1-5H3/t15-/m1/s1. The highest BCUT2D eigenvalue weighted by molar-refractivity contribution is 5.42. The molecule has 1 atom stereocenters. The second-order valence-electron chi connectivity index (χ2n) is 5.74. The van der Waals surface area contributed by atoms with Gasteiger partial charge in [-0.1, -0.05) is 26.8 Å². The van der Waals surface area contributed by atoms with Crippen molar-refractivity contribution in [3.8, 4) is 11.5 Å². The van der Waals surface area contributed by atoms with Gasteiger partial charge in [0, 0.05) is 13.1 Å². The first-order chi connectivity index (χ1) is 10.0. The Labute approximate surface area is 128 Å². The number of ether oxygens (including phenoxy) is 2. The summed E-state index contributed by atoms with van der Waals surface area (Å²) in [6.07, 6.45) is 0.773. The molecule has 0 saturated carbocycles. The van der Waals surface area contributed by atoms with E-state index in [1.807, 2.05) is 32.0 Å². The maximum atomic E-state index is 10.1. The summed E-state index contributed by atoms with van der Waals surface area (Å²) in [5.41, 5.74) is 1.16. The molecular formula is C17H29NO3. The van der Waals surface area contributed by atoms with Gasteiger partial charge in [0.15, 0.2) is 11.5 Å². The van der Waals surface area contributed by atoms with E-state index >= 15 is 0 Å². The fraction of sp³-hybridized carbons (Fsp3) is 0.647. The molecule has 0 bridgehead atoms. The summed E-state index contributed by atoms with van der Waals surface area (Å²) in [6.45, 7) is 8.72. The van der Waals surface area contributed by atoms with Gasteiger partial charge in [0.1, 0.15) is 0 Å². The van der Waals surface area contributed by atoms with Crippen LogP contribution in [0.15, 0.2) is 18.2 Å². The number of rotatable bonds is 9. The summed E-state index contributed by atoms with van der Waals surface area (Å²) in [7, 11) is 3.29. The number of nitrogens with zero attached hydrogens (tertiary/aromatic N) is 1. The third kappa shape index (κ3) is 5.56. The van der Waals surface area contributed by atoms with Gasteiger partial charge in [0.2, 0.25) is 0 Å². The van der Waals surface area contributed by atoms with Gasteiger partial charge in [-0.2, -0.15) is 0 Å². The van der Waals surface area contributed by atoms with Gasteiger partial charge in [-0.05, 0) is 36.6 Å². The van der Waals surface area contributed by atoms with Crippen LogP contribution in [0.1, 0.15) is 32.8 Å². The first-order valence-electron chi connectivity index (χ1n) is 7.63. The molecule has 0 radical (unpaired) electrons. The topological polar surface area (TPSA) is 41.9 Å². The van der Waals surface area contributed by atoms with E-state index in [1.165, 1.54) is 0 Å². The van der Waals surface area contributed by atoms with Crippen molar-refractivity contribution in [3.05, 3.63) is 23.8 Å². The van der Waals surface area contributed by atoms with Crippen LogP contribution in [-0.4, -0.2) is 43.4 Å². The van der Waals surface area contributed by atoms with Crippen LogP contribution in [0, 0.1) is 5.92 Å². The van der Waals surface area contributed by atoms with Crippen LogP contribution < -0.4 is 9.47 Å². The summed E-state index contributed by atoms with van der Waals surface area (Å²) in [5.74, 6) is 1.76. The summed E-state index contributed by atoms with van der Waals surface area (Å²) < 4.78 is 10.6. The van der Waals surface area contributed by atoms with Crippen molar-refractivity contribution >= 4 is 0 Å². The molecule has 0 unspecified atom stereocenters. The molecule has 0 aromatic heterocycles. The van der Waals surface area contributed by atoms with Crippen molar-refractivity contribution in [3.63, 3.8) is 0 Å². The van der Waals surface area contributed by atoms with E-state index in [0.29, 0.717) is 6.54 Å². The molecule has 0 aliphatic rings. The van der Waals surface area contributed by atoms with E-state index in [-0.39, 0.29) is 12.0 Å². The zero-order valence-electron chi connectivity index (χ0n) is 13.9. The van der Waals surface area contributed by atoms with E-state index in [4.69, 9.17) is 9.47 Å². The lowest BCUT2D eigenvalue weighted by Crippen LogP contribution is -2.35. The molecule has 0 aliphatic carbocycles. The van der Waals surface area contributed by atoms with Crippen LogP contribution in [-0.2, 0) is 6.54 Å². The normalized spacial score (nSPS) is 12.8. The fourth-order valence-corrected chi connectivity index (χ4v) is 2.26. The molecular weight excluding hydrogens is 266 g/mol. The lowest BCUT2D eigenvalue weighted by molar-refractivity contribution is 0.0731. The molecule has 4 nitrogen and oxygen atoms in total. The summed E-state index contributed by atoms with van der Waals surface area (Å²) in [6, 6.07) is 5.98. The molecule has 4 heteroatoms. The zero-order chi connectivity index (χ0) is 15.8. The predicted octanol–water partition coefficient (Wildman–Crippen LogP) is 2.93. The van der Waals surface area contributed by atoms with Crippen molar-refractivity contribution < 1.29 is 14.6 Å². The lowest BCUT2D eigenvalue weighted by Gasteiger charge is -2.26. The lowest BCUT2D eigenvalue weighted by atomic mass is 10.1. The molecule has 1 aromatic carbocycles. The third-order valence-corrected chi connectivity index (χ3v) is 3.61. The van der Waals surface area contributed by atoms with E-state index in [0.717, 1.165) is 36.6 Å². The predicted molar refractivity (Wildman–Crippen MR) is 86.0 cm³/mol. The maximum absolute atomic E-state index is 10.1. The van der Waals surface area contributed by atoms with Gasteiger partial charge >= 0.3 is 0 Å². The number of aliphatic hydroxyl groups excluding tert-OH is 1. The average Bonchev–Trinajstić information content (AvgIpc) is 2.47. The van der Waals surface area contributed by atoms with Gasteiger partial charge < -0.3 is 14.6 Å². The minimum atomic E-state index is -0.295. The highest BCUT2D eigenvalue weighted by Crippen LogP contribution is 2.28.